The summed E-state index contributed by atoms with van der Waals surface area (Å²) in [7, 11) is 0. The zero-order chi connectivity index (χ0) is 7.40. The molecule has 0 fully saturated rings. The van der Waals surface area contributed by atoms with Gasteiger partial charge in [0, 0.05) is 5.56 Å². The lowest BCUT2D eigenvalue weighted by Crippen LogP contribution is -1.78. The first-order valence-electron chi connectivity index (χ1n) is 2.94. The van der Waals surface area contributed by atoms with Crippen molar-refractivity contribution in [3.63, 3.8) is 0 Å². The fourth-order valence-corrected chi connectivity index (χ4v) is 0.695. The molecule has 1 aromatic carbocycles. The summed E-state index contributed by atoms with van der Waals surface area (Å²) in [6.07, 6.45) is 0. The Bertz CT molecular complexity index is 245. The Hall–Kier alpha value is -1.36. The van der Waals surface area contributed by atoms with Crippen LogP contribution >= 0.6 is 0 Å². The summed E-state index contributed by atoms with van der Waals surface area (Å²) < 4.78 is 12.3. The van der Waals surface area contributed by atoms with E-state index in [-0.39, 0.29) is 5.82 Å². The van der Waals surface area contributed by atoms with Gasteiger partial charge in [-0.05, 0) is 24.3 Å². The molecule has 0 aliphatic rings. The molecule has 0 unspecified atom stereocenters. The minimum atomic E-state index is -0.235. The lowest BCUT2D eigenvalue weighted by molar-refractivity contribution is 0.627. The van der Waals surface area contributed by atoms with Gasteiger partial charge in [0.1, 0.15) is 5.82 Å². The quantitative estimate of drug-likeness (QED) is 0.558. The summed E-state index contributed by atoms with van der Waals surface area (Å²) in [5.41, 5.74) is 0.920. The molecule has 0 aromatic heterocycles. The first kappa shape index (κ1) is 6.76. The molecule has 0 aliphatic carbocycles. The summed E-state index contributed by atoms with van der Waals surface area (Å²) >= 11 is 0. The lowest BCUT2D eigenvalue weighted by atomic mass is 10.2. The van der Waals surface area contributed by atoms with Crippen molar-refractivity contribution in [3.8, 4) is 6.57 Å². The molecular formula is C8H7FN+. The Morgan fingerprint density at radius 2 is 1.90 bits per heavy atom. The smallest absolute Gasteiger partial charge is 0.207 e. The topological polar surface area (TPSA) is 4.36 Å². The maximum Gasteiger partial charge on any atom is 0.288 e. The SMILES string of the molecule is C#[N+]Cc1ccc(F)cc1. The van der Waals surface area contributed by atoms with Gasteiger partial charge in [0.15, 0.2) is 0 Å². The van der Waals surface area contributed by atoms with Crippen LogP contribution in [0.3, 0.4) is 0 Å². The van der Waals surface area contributed by atoms with Gasteiger partial charge in [-0.2, -0.15) is 0 Å². The van der Waals surface area contributed by atoms with E-state index in [4.69, 9.17) is 6.57 Å². The van der Waals surface area contributed by atoms with Crippen molar-refractivity contribution in [2.45, 2.75) is 6.54 Å². The normalized spacial score (nSPS) is 8.80. The first-order valence-corrected chi connectivity index (χ1v) is 2.94. The molecule has 0 N–H and O–H groups in total. The van der Waals surface area contributed by atoms with E-state index in [0.717, 1.165) is 5.56 Å². The van der Waals surface area contributed by atoms with Crippen LogP contribution in [-0.2, 0) is 6.54 Å². The summed E-state index contributed by atoms with van der Waals surface area (Å²) in [5.74, 6) is -0.235. The van der Waals surface area contributed by atoms with E-state index in [1.54, 1.807) is 12.1 Å². The van der Waals surface area contributed by atoms with Gasteiger partial charge in [0.2, 0.25) is 0 Å². The van der Waals surface area contributed by atoms with Crippen LogP contribution in [0.15, 0.2) is 24.3 Å². The highest BCUT2D eigenvalue weighted by molar-refractivity contribution is 5.17. The highest BCUT2D eigenvalue weighted by atomic mass is 19.1. The van der Waals surface area contributed by atoms with Crippen LogP contribution in [0, 0.1) is 12.4 Å². The highest BCUT2D eigenvalue weighted by Crippen LogP contribution is 2.03. The summed E-state index contributed by atoms with van der Waals surface area (Å²) in [4.78, 5) is 3.41. The predicted molar refractivity (Wildman–Crippen MR) is 38.4 cm³/mol. The van der Waals surface area contributed by atoms with E-state index in [1.165, 1.54) is 12.1 Å². The second kappa shape index (κ2) is 2.98. The molecule has 0 spiro atoms. The van der Waals surface area contributed by atoms with Crippen molar-refractivity contribution in [2.75, 3.05) is 0 Å². The van der Waals surface area contributed by atoms with Crippen LogP contribution in [0.5, 0.6) is 0 Å². The molecule has 1 rings (SSSR count). The number of nitrogens with zero attached hydrogens (tertiary/aromatic N) is 1. The maximum absolute atomic E-state index is 12.3. The van der Waals surface area contributed by atoms with E-state index in [1.807, 2.05) is 0 Å². The summed E-state index contributed by atoms with van der Waals surface area (Å²) in [6, 6.07) is 6.10. The second-order valence-electron chi connectivity index (χ2n) is 1.97. The van der Waals surface area contributed by atoms with Crippen LogP contribution < -0.4 is 0 Å². The number of rotatable bonds is 1. The van der Waals surface area contributed by atoms with Gasteiger partial charge in [-0.3, -0.25) is 0 Å². The second-order valence-corrected chi connectivity index (χ2v) is 1.97. The molecule has 0 bridgehead atoms. The summed E-state index contributed by atoms with van der Waals surface area (Å²) in [5, 5.41) is 0. The molecule has 10 heavy (non-hydrogen) atoms. The highest BCUT2D eigenvalue weighted by Gasteiger charge is 1.95. The van der Waals surface area contributed by atoms with E-state index in [0.29, 0.717) is 6.54 Å². The average molecular weight is 136 g/mol. The molecule has 50 valence electrons. The minimum absolute atomic E-state index is 0.235. The third-order valence-electron chi connectivity index (χ3n) is 1.19. The molecule has 0 radical (unpaired) electrons. The van der Waals surface area contributed by atoms with E-state index >= 15 is 0 Å². The molecule has 2 heteroatoms. The minimum Gasteiger partial charge on any atom is -0.207 e. The largest absolute Gasteiger partial charge is 0.288 e. The Morgan fingerprint density at radius 1 is 1.30 bits per heavy atom. The van der Waals surface area contributed by atoms with E-state index in [9.17, 15) is 4.39 Å². The molecule has 0 atom stereocenters. The Labute approximate surface area is 58.9 Å². The standard InChI is InChI=1S/C8H7FN/c1-10-6-7-2-4-8(9)5-3-7/h1-5H,6H2/q+1. The van der Waals surface area contributed by atoms with Crippen molar-refractivity contribution in [2.24, 2.45) is 0 Å². The van der Waals surface area contributed by atoms with E-state index in [2.05, 4.69) is 4.85 Å². The molecule has 0 heterocycles. The Balaban J connectivity index is 2.81. The third-order valence-corrected chi connectivity index (χ3v) is 1.19. The molecule has 1 nitrogen and oxygen atoms in total. The molecule has 1 aromatic rings. The average Bonchev–Trinajstić information content (AvgIpc) is 1.95. The molecule has 0 saturated carbocycles. The van der Waals surface area contributed by atoms with Gasteiger partial charge in [-0.15, -0.1) is 0 Å². The monoisotopic (exact) mass is 136 g/mol. The Kier molecular flexibility index (Phi) is 2.01. The van der Waals surface area contributed by atoms with Crippen molar-refractivity contribution in [1.29, 1.82) is 0 Å². The van der Waals surface area contributed by atoms with Gasteiger partial charge in [0.05, 0.1) is 0 Å². The predicted octanol–water partition coefficient (Wildman–Crippen LogP) is 2.29. The van der Waals surface area contributed by atoms with Crippen LogP contribution in [-0.4, -0.2) is 0 Å². The van der Waals surface area contributed by atoms with Gasteiger partial charge >= 0.3 is 0 Å². The van der Waals surface area contributed by atoms with Crippen LogP contribution in [0.4, 0.5) is 4.39 Å². The maximum atomic E-state index is 12.3. The van der Waals surface area contributed by atoms with Crippen LogP contribution in [0.1, 0.15) is 5.56 Å². The number of halogens is 1. The van der Waals surface area contributed by atoms with Crippen molar-refractivity contribution in [1.82, 2.24) is 0 Å². The molecule has 0 saturated heterocycles. The van der Waals surface area contributed by atoms with Crippen LogP contribution in [0.25, 0.3) is 4.85 Å². The van der Waals surface area contributed by atoms with Gasteiger partial charge < -0.3 is 0 Å². The molecular weight excluding hydrogens is 129 g/mol. The fourth-order valence-electron chi connectivity index (χ4n) is 0.695. The van der Waals surface area contributed by atoms with Gasteiger partial charge in [0.25, 0.3) is 13.1 Å². The zero-order valence-corrected chi connectivity index (χ0v) is 5.42. The van der Waals surface area contributed by atoms with Crippen molar-refractivity contribution >= 4 is 0 Å². The molecule has 0 amide bonds. The lowest BCUT2D eigenvalue weighted by Gasteiger charge is -1.87. The summed E-state index contributed by atoms with van der Waals surface area (Å²) in [6.45, 7) is 5.37. The third kappa shape index (κ3) is 1.56. The van der Waals surface area contributed by atoms with Gasteiger partial charge in [-0.1, -0.05) is 4.85 Å². The number of hydrogen-bond donors (Lipinski definition) is 0. The van der Waals surface area contributed by atoms with Crippen LogP contribution in [0.2, 0.25) is 0 Å². The van der Waals surface area contributed by atoms with E-state index < -0.39 is 0 Å². The van der Waals surface area contributed by atoms with Crippen molar-refractivity contribution < 1.29 is 4.39 Å². The Morgan fingerprint density at radius 3 is 2.40 bits per heavy atom. The van der Waals surface area contributed by atoms with Crippen molar-refractivity contribution in [3.05, 3.63) is 40.5 Å². The van der Waals surface area contributed by atoms with Gasteiger partial charge in [-0.25, -0.2) is 4.39 Å². The number of benzene rings is 1. The zero-order valence-electron chi connectivity index (χ0n) is 5.42. The first-order chi connectivity index (χ1) is 4.83. The fraction of sp³-hybridized carbons (Fsp3) is 0.125. The number of hydrogen-bond acceptors (Lipinski definition) is 0. The molecule has 0 aliphatic heterocycles.